The fourth-order valence-electron chi connectivity index (χ4n) is 2.32. The minimum Gasteiger partial charge on any atom is -0.488 e. The number of amides is 1. The van der Waals surface area contributed by atoms with Crippen molar-refractivity contribution in [1.82, 2.24) is 10.4 Å². The van der Waals surface area contributed by atoms with Crippen molar-refractivity contribution >= 4 is 17.8 Å². The standard InChI is InChI=1S/C20H16N4O4/c25-20(16-9-11-21-12-10-16)23-22-13-17-3-1-2-4-19(17)28-14-15-5-7-18(8-6-15)24(26)27/h1-13H,14H2,(H,23,25)/b22-13+. The van der Waals surface area contributed by atoms with E-state index in [0.29, 0.717) is 16.9 Å². The van der Waals surface area contributed by atoms with Crippen molar-refractivity contribution in [3.05, 3.63) is 99.9 Å². The maximum absolute atomic E-state index is 12.0. The largest absolute Gasteiger partial charge is 0.488 e. The molecule has 0 aliphatic rings. The first-order valence-electron chi connectivity index (χ1n) is 8.32. The van der Waals surface area contributed by atoms with Crippen LogP contribution in [-0.2, 0) is 6.61 Å². The average Bonchev–Trinajstić information content (AvgIpc) is 2.74. The van der Waals surface area contributed by atoms with Crippen LogP contribution in [-0.4, -0.2) is 22.0 Å². The quantitative estimate of drug-likeness (QED) is 0.387. The van der Waals surface area contributed by atoms with Crippen LogP contribution in [0.25, 0.3) is 0 Å². The fourth-order valence-corrected chi connectivity index (χ4v) is 2.32. The second kappa shape index (κ2) is 9.04. The number of nitro benzene ring substituents is 1. The van der Waals surface area contributed by atoms with Gasteiger partial charge in [0.2, 0.25) is 0 Å². The van der Waals surface area contributed by atoms with Crippen molar-refractivity contribution in [2.24, 2.45) is 5.10 Å². The van der Waals surface area contributed by atoms with E-state index in [4.69, 9.17) is 4.74 Å². The van der Waals surface area contributed by atoms with Crippen molar-refractivity contribution in [1.29, 1.82) is 0 Å². The Bertz CT molecular complexity index is 989. The molecule has 0 aliphatic carbocycles. The second-order valence-electron chi connectivity index (χ2n) is 5.69. The van der Waals surface area contributed by atoms with Crippen molar-refractivity contribution in [3.63, 3.8) is 0 Å². The molecular formula is C20H16N4O4. The molecule has 28 heavy (non-hydrogen) atoms. The number of carbonyl (C=O) groups is 1. The Morgan fingerprint density at radius 3 is 2.54 bits per heavy atom. The summed E-state index contributed by atoms with van der Waals surface area (Å²) in [6.07, 6.45) is 4.55. The van der Waals surface area contributed by atoms with Crippen LogP contribution in [0.2, 0.25) is 0 Å². The molecule has 8 heteroatoms. The van der Waals surface area contributed by atoms with Crippen LogP contribution in [0, 0.1) is 10.1 Å². The normalized spacial score (nSPS) is 10.6. The number of hydrazone groups is 1. The minimum atomic E-state index is -0.448. The van der Waals surface area contributed by atoms with Crippen LogP contribution in [0.5, 0.6) is 5.75 Å². The van der Waals surface area contributed by atoms with Crippen molar-refractivity contribution < 1.29 is 14.5 Å². The molecule has 0 atom stereocenters. The minimum absolute atomic E-state index is 0.0289. The Morgan fingerprint density at radius 2 is 1.82 bits per heavy atom. The van der Waals surface area contributed by atoms with Crippen molar-refractivity contribution in [2.75, 3.05) is 0 Å². The molecule has 140 valence electrons. The van der Waals surface area contributed by atoms with Crippen molar-refractivity contribution in [3.8, 4) is 5.75 Å². The highest BCUT2D eigenvalue weighted by Crippen LogP contribution is 2.19. The third-order valence-corrected chi connectivity index (χ3v) is 3.77. The predicted molar refractivity (Wildman–Crippen MR) is 103 cm³/mol. The first-order chi connectivity index (χ1) is 13.6. The number of hydrogen-bond donors (Lipinski definition) is 1. The van der Waals surface area contributed by atoms with Gasteiger partial charge in [0.05, 0.1) is 11.1 Å². The number of pyridine rings is 1. The number of ether oxygens (including phenoxy) is 1. The molecule has 2 aromatic carbocycles. The molecule has 0 spiro atoms. The maximum Gasteiger partial charge on any atom is 0.271 e. The summed E-state index contributed by atoms with van der Waals surface area (Å²) in [5, 5.41) is 14.7. The van der Waals surface area contributed by atoms with E-state index in [1.54, 1.807) is 36.4 Å². The molecule has 0 fully saturated rings. The van der Waals surface area contributed by atoms with Crippen LogP contribution in [0.4, 0.5) is 5.69 Å². The fraction of sp³-hybridized carbons (Fsp3) is 0.0500. The maximum atomic E-state index is 12.0. The molecule has 1 N–H and O–H groups in total. The zero-order chi connectivity index (χ0) is 19.8. The molecule has 0 bridgehead atoms. The molecule has 0 radical (unpaired) electrons. The van der Waals surface area contributed by atoms with Crippen LogP contribution in [0.1, 0.15) is 21.5 Å². The van der Waals surface area contributed by atoms with Gasteiger partial charge >= 0.3 is 0 Å². The van der Waals surface area contributed by atoms with E-state index < -0.39 is 4.92 Å². The number of nitrogens with zero attached hydrogens (tertiary/aromatic N) is 3. The van der Waals surface area contributed by atoms with E-state index in [-0.39, 0.29) is 18.2 Å². The zero-order valence-electron chi connectivity index (χ0n) is 14.7. The van der Waals surface area contributed by atoms with Gasteiger partial charge in [-0.1, -0.05) is 12.1 Å². The zero-order valence-corrected chi connectivity index (χ0v) is 14.7. The summed E-state index contributed by atoms with van der Waals surface area (Å²) in [7, 11) is 0. The van der Waals surface area contributed by atoms with Crippen LogP contribution in [0.15, 0.2) is 78.2 Å². The van der Waals surface area contributed by atoms with Gasteiger partial charge < -0.3 is 4.74 Å². The van der Waals surface area contributed by atoms with Gasteiger partial charge in [0.1, 0.15) is 12.4 Å². The number of para-hydroxylation sites is 1. The lowest BCUT2D eigenvalue weighted by atomic mass is 10.2. The number of benzene rings is 2. The number of aromatic nitrogens is 1. The van der Waals surface area contributed by atoms with E-state index in [9.17, 15) is 14.9 Å². The number of non-ortho nitro benzene ring substituents is 1. The Balaban J connectivity index is 1.62. The lowest BCUT2D eigenvalue weighted by Gasteiger charge is -2.09. The highest BCUT2D eigenvalue weighted by Gasteiger charge is 2.06. The highest BCUT2D eigenvalue weighted by atomic mass is 16.6. The van der Waals surface area contributed by atoms with Gasteiger partial charge in [-0.05, 0) is 42.0 Å². The van der Waals surface area contributed by atoms with E-state index in [2.05, 4.69) is 15.5 Å². The molecule has 8 nitrogen and oxygen atoms in total. The van der Waals surface area contributed by atoms with Crippen molar-refractivity contribution in [2.45, 2.75) is 6.61 Å². The van der Waals surface area contributed by atoms with Gasteiger partial charge in [-0.2, -0.15) is 5.10 Å². The predicted octanol–water partition coefficient (Wildman–Crippen LogP) is 3.33. The summed E-state index contributed by atoms with van der Waals surface area (Å²) in [5.41, 5.74) is 4.41. The van der Waals surface area contributed by atoms with Gasteiger partial charge in [-0.3, -0.25) is 19.9 Å². The van der Waals surface area contributed by atoms with E-state index in [1.807, 2.05) is 12.1 Å². The van der Waals surface area contributed by atoms with Gasteiger partial charge in [0.15, 0.2) is 0 Å². The summed E-state index contributed by atoms with van der Waals surface area (Å²) < 4.78 is 5.78. The Labute approximate surface area is 160 Å². The smallest absolute Gasteiger partial charge is 0.271 e. The molecule has 0 saturated carbocycles. The molecule has 1 amide bonds. The Morgan fingerprint density at radius 1 is 1.11 bits per heavy atom. The summed E-state index contributed by atoms with van der Waals surface area (Å²) in [4.78, 5) is 26.1. The molecule has 0 saturated heterocycles. The Hall–Kier alpha value is -4.07. The van der Waals surface area contributed by atoms with Gasteiger partial charge in [0, 0.05) is 35.7 Å². The third-order valence-electron chi connectivity index (χ3n) is 3.77. The van der Waals surface area contributed by atoms with Gasteiger partial charge in [-0.15, -0.1) is 0 Å². The molecule has 1 heterocycles. The topological polar surface area (TPSA) is 107 Å². The molecule has 0 unspecified atom stereocenters. The molecule has 0 aliphatic heterocycles. The summed E-state index contributed by atoms with van der Waals surface area (Å²) in [5.74, 6) is 0.227. The molecule has 3 rings (SSSR count). The van der Waals surface area contributed by atoms with Gasteiger partial charge in [0.25, 0.3) is 11.6 Å². The number of carbonyl (C=O) groups excluding carboxylic acids is 1. The lowest BCUT2D eigenvalue weighted by Crippen LogP contribution is -2.17. The molecule has 1 aromatic heterocycles. The van der Waals surface area contributed by atoms with E-state index in [0.717, 1.165) is 5.56 Å². The number of nitro groups is 1. The van der Waals surface area contributed by atoms with Crippen LogP contribution in [0.3, 0.4) is 0 Å². The highest BCUT2D eigenvalue weighted by molar-refractivity contribution is 5.94. The van der Waals surface area contributed by atoms with Crippen LogP contribution >= 0.6 is 0 Å². The van der Waals surface area contributed by atoms with Gasteiger partial charge in [-0.25, -0.2) is 5.43 Å². The first kappa shape index (κ1) is 18.7. The molecule has 3 aromatic rings. The monoisotopic (exact) mass is 376 g/mol. The average molecular weight is 376 g/mol. The second-order valence-corrected chi connectivity index (χ2v) is 5.69. The number of nitrogens with one attached hydrogen (secondary N) is 1. The Kier molecular flexibility index (Phi) is 6.04. The summed E-state index contributed by atoms with van der Waals surface area (Å²) in [6, 6.07) is 16.5. The first-order valence-corrected chi connectivity index (χ1v) is 8.32. The number of hydrogen-bond acceptors (Lipinski definition) is 6. The van der Waals surface area contributed by atoms with E-state index in [1.165, 1.54) is 30.7 Å². The third kappa shape index (κ3) is 4.98. The number of rotatable bonds is 7. The molecular weight excluding hydrogens is 360 g/mol. The summed E-state index contributed by atoms with van der Waals surface area (Å²) >= 11 is 0. The van der Waals surface area contributed by atoms with Crippen LogP contribution < -0.4 is 10.2 Å². The van der Waals surface area contributed by atoms with E-state index >= 15 is 0 Å². The lowest BCUT2D eigenvalue weighted by molar-refractivity contribution is -0.384. The summed E-state index contributed by atoms with van der Waals surface area (Å²) in [6.45, 7) is 0.242. The SMILES string of the molecule is O=C(N/N=C/c1ccccc1OCc1ccc([N+](=O)[O-])cc1)c1ccncc1.